The van der Waals surface area contributed by atoms with Crippen LogP contribution in [0.1, 0.15) is 104 Å². The molecule has 262 valence electrons. The summed E-state index contributed by atoms with van der Waals surface area (Å²) < 4.78 is 0. The molecule has 0 amide bonds. The Morgan fingerprint density at radius 1 is 0.571 bits per heavy atom. The first kappa shape index (κ1) is 40.9. The number of anilines is 3. The van der Waals surface area contributed by atoms with Crippen molar-refractivity contribution in [3.05, 3.63) is 160 Å². The van der Waals surface area contributed by atoms with Crippen molar-refractivity contribution in [1.29, 1.82) is 0 Å². The number of aryl methyl sites for hydroxylation is 7. The fourth-order valence-electron chi connectivity index (χ4n) is 6.20. The zero-order valence-corrected chi connectivity index (χ0v) is 32.2. The highest BCUT2D eigenvalue weighted by atomic mass is 14.9. The molecule has 2 unspecified atom stereocenters. The summed E-state index contributed by atoms with van der Waals surface area (Å²) in [5.41, 5.74) is 19.4. The van der Waals surface area contributed by atoms with Crippen molar-refractivity contribution >= 4 is 17.1 Å². The molecule has 0 aromatic heterocycles. The van der Waals surface area contributed by atoms with E-state index in [0.717, 1.165) is 35.3 Å². The van der Waals surface area contributed by atoms with E-state index in [1.807, 2.05) is 45.0 Å². The summed E-state index contributed by atoms with van der Waals surface area (Å²) in [4.78, 5) is 0. The van der Waals surface area contributed by atoms with E-state index in [4.69, 9.17) is 5.73 Å². The Morgan fingerprint density at radius 3 is 1.59 bits per heavy atom. The largest absolute Gasteiger partial charge is 0.399 e. The van der Waals surface area contributed by atoms with E-state index in [1.54, 1.807) is 5.56 Å². The van der Waals surface area contributed by atoms with E-state index < -0.39 is 0 Å². The van der Waals surface area contributed by atoms with Crippen LogP contribution in [-0.4, -0.2) is 0 Å². The topological polar surface area (TPSA) is 38.0 Å². The van der Waals surface area contributed by atoms with Crippen molar-refractivity contribution in [2.24, 2.45) is 5.92 Å². The van der Waals surface area contributed by atoms with Crippen molar-refractivity contribution in [3.63, 3.8) is 0 Å². The smallest absolute Gasteiger partial charge is 0.0389 e. The van der Waals surface area contributed by atoms with Gasteiger partial charge in [-0.1, -0.05) is 131 Å². The molecule has 0 aliphatic heterocycles. The van der Waals surface area contributed by atoms with E-state index in [-0.39, 0.29) is 0 Å². The van der Waals surface area contributed by atoms with Crippen molar-refractivity contribution in [1.82, 2.24) is 0 Å². The molecule has 2 atom stereocenters. The van der Waals surface area contributed by atoms with Crippen LogP contribution in [0.15, 0.2) is 115 Å². The fraction of sp³-hybridized carbons (Fsp3) is 0.362. The Bertz CT molecular complexity index is 1610. The number of hydrogen-bond donors (Lipinski definition) is 2. The molecule has 1 saturated carbocycles. The third-order valence-electron chi connectivity index (χ3n) is 8.51. The lowest BCUT2D eigenvalue weighted by atomic mass is 9.78. The molecule has 2 heteroatoms. The Balaban J connectivity index is 0.000000231. The number of nitrogens with two attached hydrogens (primary N) is 1. The minimum absolute atomic E-state index is 0.832. The normalized spacial score (nSPS) is 14.6. The van der Waals surface area contributed by atoms with Crippen molar-refractivity contribution in [3.8, 4) is 0 Å². The van der Waals surface area contributed by atoms with Gasteiger partial charge in [-0.15, -0.1) is 0 Å². The second-order valence-electron chi connectivity index (χ2n) is 13.5. The molecule has 1 fully saturated rings. The van der Waals surface area contributed by atoms with E-state index >= 15 is 0 Å². The highest BCUT2D eigenvalue weighted by molar-refractivity contribution is 5.61. The van der Waals surface area contributed by atoms with Crippen LogP contribution in [0, 0.1) is 47.5 Å². The summed E-state index contributed by atoms with van der Waals surface area (Å²) >= 11 is 0. The Kier molecular flexibility index (Phi) is 18.6. The molecule has 5 aromatic rings. The van der Waals surface area contributed by atoms with Gasteiger partial charge in [0.1, 0.15) is 0 Å². The van der Waals surface area contributed by atoms with E-state index in [2.05, 4.69) is 145 Å². The average molecular weight is 657 g/mol. The molecule has 1 aliphatic rings. The van der Waals surface area contributed by atoms with Gasteiger partial charge in [0.25, 0.3) is 0 Å². The molecule has 2 nitrogen and oxygen atoms in total. The van der Waals surface area contributed by atoms with Gasteiger partial charge >= 0.3 is 0 Å². The standard InChI is InChI=1S/C15H17N.C14H20.C9H12.C7H9N.C2H6/c1-11-5-4-6-14(8-11)16-15-9-12(2)7-13(3)10-15;1-11-5-3-7-13(9-11)14-8-4-6-12(2)10-14;1-3-9-6-4-5-8(2)7-9;1-6-3-2-4-7(8)5-6;1-2/h4-10,16H,1-3H3;3,5,7,9,12,14H,4,6,8,10H2,1-2H3;4-7H,3H2,1-2H3;2-5H,8H2,1H3;1-2H3. The van der Waals surface area contributed by atoms with Gasteiger partial charge in [-0.2, -0.15) is 0 Å². The van der Waals surface area contributed by atoms with Crippen LogP contribution in [0.3, 0.4) is 0 Å². The molecule has 0 bridgehead atoms. The predicted octanol–water partition coefficient (Wildman–Crippen LogP) is 13.8. The first-order chi connectivity index (χ1) is 23.5. The minimum Gasteiger partial charge on any atom is -0.399 e. The molecule has 49 heavy (non-hydrogen) atoms. The van der Waals surface area contributed by atoms with E-state index in [0.29, 0.717) is 0 Å². The maximum Gasteiger partial charge on any atom is 0.0389 e. The number of nitrogen functional groups attached to an aromatic ring is 1. The Labute approximate surface area is 300 Å². The van der Waals surface area contributed by atoms with Crippen LogP contribution in [0.4, 0.5) is 17.1 Å². The molecular formula is C47H64N2. The summed E-state index contributed by atoms with van der Waals surface area (Å²) in [6, 6.07) is 40.4. The molecule has 6 rings (SSSR count). The predicted molar refractivity (Wildman–Crippen MR) is 219 cm³/mol. The fourth-order valence-corrected chi connectivity index (χ4v) is 6.20. The first-order valence-corrected chi connectivity index (χ1v) is 18.4. The number of hydrogen-bond acceptors (Lipinski definition) is 2. The van der Waals surface area contributed by atoms with Gasteiger partial charge in [-0.3, -0.25) is 0 Å². The highest BCUT2D eigenvalue weighted by Crippen LogP contribution is 2.36. The van der Waals surface area contributed by atoms with Gasteiger partial charge in [0.05, 0.1) is 0 Å². The summed E-state index contributed by atoms with van der Waals surface area (Å²) in [5.74, 6) is 1.76. The van der Waals surface area contributed by atoms with Gasteiger partial charge in [-0.05, 0) is 142 Å². The third-order valence-corrected chi connectivity index (χ3v) is 8.51. The molecule has 0 radical (unpaired) electrons. The van der Waals surface area contributed by atoms with Gasteiger partial charge in [-0.25, -0.2) is 0 Å². The SMILES string of the molecule is CC.CCc1cccc(C)c1.Cc1cccc(C2CCCC(C)C2)c1.Cc1cccc(N)c1.Cc1cccc(Nc2cc(C)cc(C)c2)c1. The lowest BCUT2D eigenvalue weighted by molar-refractivity contribution is 0.344. The Morgan fingerprint density at radius 2 is 1.10 bits per heavy atom. The quantitative estimate of drug-likeness (QED) is 0.189. The zero-order chi connectivity index (χ0) is 36.2. The number of nitrogens with one attached hydrogen (secondary N) is 1. The van der Waals surface area contributed by atoms with Crippen LogP contribution in [0.5, 0.6) is 0 Å². The van der Waals surface area contributed by atoms with Crippen molar-refractivity contribution in [2.45, 2.75) is 107 Å². The zero-order valence-electron chi connectivity index (χ0n) is 32.2. The van der Waals surface area contributed by atoms with Gasteiger partial charge in [0, 0.05) is 17.1 Å². The summed E-state index contributed by atoms with van der Waals surface area (Å²) in [7, 11) is 0. The summed E-state index contributed by atoms with van der Waals surface area (Å²) in [6.45, 7) is 21.2. The monoisotopic (exact) mass is 657 g/mol. The van der Waals surface area contributed by atoms with Gasteiger partial charge < -0.3 is 11.1 Å². The Hall–Kier alpha value is -4.30. The summed E-state index contributed by atoms with van der Waals surface area (Å²) in [5, 5.41) is 3.43. The van der Waals surface area contributed by atoms with Crippen molar-refractivity contribution in [2.75, 3.05) is 11.1 Å². The highest BCUT2D eigenvalue weighted by Gasteiger charge is 2.20. The van der Waals surface area contributed by atoms with Gasteiger partial charge in [0.15, 0.2) is 0 Å². The molecule has 3 N–H and O–H groups in total. The minimum atomic E-state index is 0.832. The van der Waals surface area contributed by atoms with Crippen LogP contribution in [-0.2, 0) is 6.42 Å². The lowest BCUT2D eigenvalue weighted by Crippen LogP contribution is -2.11. The molecule has 1 aliphatic carbocycles. The van der Waals surface area contributed by atoms with E-state index in [9.17, 15) is 0 Å². The number of benzene rings is 5. The van der Waals surface area contributed by atoms with Crippen LogP contribution in [0.2, 0.25) is 0 Å². The van der Waals surface area contributed by atoms with Gasteiger partial charge in [0.2, 0.25) is 0 Å². The van der Waals surface area contributed by atoms with E-state index in [1.165, 1.54) is 64.6 Å². The number of rotatable bonds is 4. The molecule has 0 saturated heterocycles. The van der Waals surface area contributed by atoms with Crippen LogP contribution in [0.25, 0.3) is 0 Å². The van der Waals surface area contributed by atoms with Crippen LogP contribution >= 0.6 is 0 Å². The van der Waals surface area contributed by atoms with Crippen LogP contribution < -0.4 is 11.1 Å². The second-order valence-corrected chi connectivity index (χ2v) is 13.5. The lowest BCUT2D eigenvalue weighted by Gasteiger charge is -2.27. The molecule has 5 aromatic carbocycles. The maximum atomic E-state index is 5.46. The maximum absolute atomic E-state index is 5.46. The molecule has 0 heterocycles. The molecular weight excluding hydrogens is 593 g/mol. The molecule has 0 spiro atoms. The van der Waals surface area contributed by atoms with Crippen molar-refractivity contribution < 1.29 is 0 Å². The summed E-state index contributed by atoms with van der Waals surface area (Å²) in [6.07, 6.45) is 6.78. The first-order valence-electron chi connectivity index (χ1n) is 18.4. The average Bonchev–Trinajstić information content (AvgIpc) is 3.06. The third kappa shape index (κ3) is 16.6. The second kappa shape index (κ2) is 22.4.